The molecular weight excluding hydrogens is 250 g/mol. The van der Waals surface area contributed by atoms with Crippen molar-refractivity contribution in [1.82, 2.24) is 4.37 Å². The smallest absolute Gasteiger partial charge is 0.184 e. The van der Waals surface area contributed by atoms with Gasteiger partial charge in [0.05, 0.1) is 5.75 Å². The van der Waals surface area contributed by atoms with Crippen molar-refractivity contribution in [2.45, 2.75) is 18.2 Å². The topological polar surface area (TPSA) is 105 Å². The Hall–Kier alpha value is -0.860. The third-order valence-electron chi connectivity index (χ3n) is 1.99. The van der Waals surface area contributed by atoms with Gasteiger partial charge in [-0.05, 0) is 18.0 Å². The highest BCUT2D eigenvalue weighted by Gasteiger charge is 2.23. The van der Waals surface area contributed by atoms with Crippen LogP contribution in [0.5, 0.6) is 0 Å². The number of anilines is 2. The van der Waals surface area contributed by atoms with Gasteiger partial charge in [0.1, 0.15) is 9.90 Å². The summed E-state index contributed by atoms with van der Waals surface area (Å²) in [5.74, 6) is 0.0305. The Balaban J connectivity index is 2.95. The van der Waals surface area contributed by atoms with Crippen LogP contribution in [-0.4, -0.2) is 36.8 Å². The van der Waals surface area contributed by atoms with Crippen molar-refractivity contribution in [2.75, 3.05) is 30.0 Å². The van der Waals surface area contributed by atoms with Crippen molar-refractivity contribution in [3.05, 3.63) is 0 Å². The van der Waals surface area contributed by atoms with Crippen LogP contribution in [-0.2, 0) is 9.84 Å². The average molecular weight is 265 g/mol. The minimum atomic E-state index is -3.36. The van der Waals surface area contributed by atoms with Crippen molar-refractivity contribution in [2.24, 2.45) is 0 Å². The van der Waals surface area contributed by atoms with Crippen LogP contribution in [0.3, 0.4) is 0 Å². The lowest BCUT2D eigenvalue weighted by Gasteiger charge is -2.05. The van der Waals surface area contributed by atoms with Gasteiger partial charge < -0.3 is 16.2 Å². The molecular formula is C8H15N3O3S2. The average Bonchev–Trinajstić information content (AvgIpc) is 2.61. The number of aromatic nitrogens is 1. The predicted molar refractivity (Wildman–Crippen MR) is 64.4 cm³/mol. The van der Waals surface area contributed by atoms with Crippen LogP contribution in [0.4, 0.5) is 10.8 Å². The van der Waals surface area contributed by atoms with Crippen molar-refractivity contribution in [1.29, 1.82) is 0 Å². The van der Waals surface area contributed by atoms with E-state index in [1.807, 2.05) is 0 Å². The number of sulfone groups is 1. The number of rotatable bonds is 6. The van der Waals surface area contributed by atoms with Gasteiger partial charge in [0.2, 0.25) is 0 Å². The molecule has 4 N–H and O–H groups in total. The normalized spacial score (nSPS) is 11.6. The zero-order valence-electron chi connectivity index (χ0n) is 8.93. The van der Waals surface area contributed by atoms with E-state index in [2.05, 4.69) is 9.69 Å². The largest absolute Gasteiger partial charge is 0.396 e. The molecule has 1 aromatic heterocycles. The highest BCUT2D eigenvalue weighted by atomic mass is 32.2. The van der Waals surface area contributed by atoms with Gasteiger partial charge in [-0.25, -0.2) is 8.42 Å². The van der Waals surface area contributed by atoms with E-state index in [9.17, 15) is 8.42 Å². The van der Waals surface area contributed by atoms with Crippen LogP contribution in [0.1, 0.15) is 13.3 Å². The highest BCUT2D eigenvalue weighted by Crippen LogP contribution is 2.31. The highest BCUT2D eigenvalue weighted by molar-refractivity contribution is 7.91. The Morgan fingerprint density at radius 2 is 2.25 bits per heavy atom. The minimum absolute atomic E-state index is 0.00963. The van der Waals surface area contributed by atoms with Crippen molar-refractivity contribution < 1.29 is 13.5 Å². The van der Waals surface area contributed by atoms with E-state index >= 15 is 0 Å². The van der Waals surface area contributed by atoms with Gasteiger partial charge in [0.15, 0.2) is 15.7 Å². The molecule has 92 valence electrons. The second kappa shape index (κ2) is 5.46. The molecule has 0 spiro atoms. The summed E-state index contributed by atoms with van der Waals surface area (Å²) in [4.78, 5) is 0.0814. The first kappa shape index (κ1) is 13.2. The molecule has 0 atom stereocenters. The number of nitrogens with two attached hydrogens (primary N) is 1. The molecule has 0 bridgehead atoms. The molecule has 0 unspecified atom stereocenters. The predicted octanol–water partition coefficient (Wildman–Crippen LogP) is 0.313. The van der Waals surface area contributed by atoms with Crippen LogP contribution < -0.4 is 11.1 Å². The van der Waals surface area contributed by atoms with E-state index in [0.717, 1.165) is 11.5 Å². The molecule has 0 saturated heterocycles. The van der Waals surface area contributed by atoms with Gasteiger partial charge in [0, 0.05) is 13.2 Å². The van der Waals surface area contributed by atoms with Crippen LogP contribution >= 0.6 is 11.5 Å². The number of hydrogen-bond donors (Lipinski definition) is 3. The number of nitrogens with one attached hydrogen (secondary N) is 1. The van der Waals surface area contributed by atoms with Gasteiger partial charge in [-0.1, -0.05) is 6.92 Å². The summed E-state index contributed by atoms with van der Waals surface area (Å²) in [7, 11) is -3.36. The Kier molecular flexibility index (Phi) is 4.51. The molecule has 6 nitrogen and oxygen atoms in total. The van der Waals surface area contributed by atoms with E-state index in [-0.39, 0.29) is 23.1 Å². The Labute approximate surface area is 98.6 Å². The molecule has 1 heterocycles. The van der Waals surface area contributed by atoms with E-state index < -0.39 is 9.84 Å². The molecule has 0 amide bonds. The summed E-state index contributed by atoms with van der Waals surface area (Å²) in [5.41, 5.74) is 5.54. The lowest BCUT2D eigenvalue weighted by atomic mass is 10.4. The second-order valence-corrected chi connectivity index (χ2v) is 6.12. The molecule has 0 aliphatic rings. The monoisotopic (exact) mass is 265 g/mol. The van der Waals surface area contributed by atoms with E-state index in [1.54, 1.807) is 6.92 Å². The van der Waals surface area contributed by atoms with Crippen LogP contribution in [0.2, 0.25) is 0 Å². The maximum atomic E-state index is 11.7. The van der Waals surface area contributed by atoms with Crippen LogP contribution in [0.15, 0.2) is 4.90 Å². The lowest BCUT2D eigenvalue weighted by molar-refractivity contribution is 0.292. The fourth-order valence-electron chi connectivity index (χ4n) is 1.13. The van der Waals surface area contributed by atoms with Gasteiger partial charge in [0.25, 0.3) is 0 Å². The Bertz CT molecular complexity index is 441. The summed E-state index contributed by atoms with van der Waals surface area (Å²) in [6, 6.07) is 0. The Morgan fingerprint density at radius 1 is 1.56 bits per heavy atom. The first-order valence-electron chi connectivity index (χ1n) is 4.85. The van der Waals surface area contributed by atoms with Crippen molar-refractivity contribution in [3.63, 3.8) is 0 Å². The summed E-state index contributed by atoms with van der Waals surface area (Å²) in [5, 5.41) is 12.0. The van der Waals surface area contributed by atoms with E-state index in [4.69, 9.17) is 10.8 Å². The molecule has 0 saturated carbocycles. The zero-order valence-corrected chi connectivity index (χ0v) is 10.6. The summed E-state index contributed by atoms with van der Waals surface area (Å²) < 4.78 is 27.3. The maximum absolute atomic E-state index is 11.7. The van der Waals surface area contributed by atoms with E-state index in [0.29, 0.717) is 18.0 Å². The van der Waals surface area contributed by atoms with Crippen LogP contribution in [0.25, 0.3) is 0 Å². The van der Waals surface area contributed by atoms with Crippen LogP contribution in [0, 0.1) is 0 Å². The number of aliphatic hydroxyl groups excluding tert-OH is 1. The molecule has 0 aliphatic heterocycles. The lowest BCUT2D eigenvalue weighted by Crippen LogP contribution is -2.10. The van der Waals surface area contributed by atoms with Crippen molar-refractivity contribution >= 4 is 32.2 Å². The quantitative estimate of drug-likeness (QED) is 0.639. The summed E-state index contributed by atoms with van der Waals surface area (Å²) >= 11 is 1.02. The molecule has 0 aromatic carbocycles. The standard InChI is InChI=1S/C8H15N3O3S2/c1-2-16(13,14)6-7(9)11-15-8(6)10-4-3-5-12/h10,12H,2-5H2,1H3,(H2,9,11). The number of nitrogens with zero attached hydrogens (tertiary/aromatic N) is 1. The van der Waals surface area contributed by atoms with Gasteiger partial charge in [-0.2, -0.15) is 4.37 Å². The summed E-state index contributed by atoms with van der Waals surface area (Å²) in [6.07, 6.45) is 0.545. The molecule has 8 heteroatoms. The second-order valence-electron chi connectivity index (χ2n) is 3.13. The Morgan fingerprint density at radius 3 is 2.81 bits per heavy atom. The van der Waals surface area contributed by atoms with Gasteiger partial charge in [-0.15, -0.1) is 0 Å². The maximum Gasteiger partial charge on any atom is 0.184 e. The molecule has 0 aliphatic carbocycles. The SMILES string of the molecule is CCS(=O)(=O)c1c(N)nsc1NCCCO. The minimum Gasteiger partial charge on any atom is -0.396 e. The third-order valence-corrected chi connectivity index (χ3v) is 4.73. The van der Waals surface area contributed by atoms with Crippen molar-refractivity contribution in [3.8, 4) is 0 Å². The molecule has 16 heavy (non-hydrogen) atoms. The molecule has 1 rings (SSSR count). The first-order chi connectivity index (χ1) is 7.53. The summed E-state index contributed by atoms with van der Waals surface area (Å²) in [6.45, 7) is 2.10. The number of hydrogen-bond acceptors (Lipinski definition) is 7. The third kappa shape index (κ3) is 2.83. The molecule has 0 radical (unpaired) electrons. The zero-order chi connectivity index (χ0) is 12.2. The fraction of sp³-hybridized carbons (Fsp3) is 0.625. The first-order valence-corrected chi connectivity index (χ1v) is 7.28. The van der Waals surface area contributed by atoms with E-state index in [1.165, 1.54) is 0 Å². The fourth-order valence-corrected chi connectivity index (χ4v) is 3.33. The molecule has 1 aromatic rings. The molecule has 0 fully saturated rings. The van der Waals surface area contributed by atoms with Gasteiger partial charge in [-0.3, -0.25) is 0 Å². The number of aliphatic hydroxyl groups is 1. The van der Waals surface area contributed by atoms with Gasteiger partial charge >= 0.3 is 0 Å². The number of nitrogen functional groups attached to an aromatic ring is 1.